The Morgan fingerprint density at radius 2 is 1.78 bits per heavy atom. The highest BCUT2D eigenvalue weighted by atomic mass is 32.2. The monoisotopic (exact) mass is 467 g/mol. The molecular formula is C23H37N3O5S. The number of carbonyl (C=O) groups is 1. The number of methoxy groups -OCH3 is 1. The van der Waals surface area contributed by atoms with E-state index in [0.717, 1.165) is 12.1 Å². The van der Waals surface area contributed by atoms with Crippen LogP contribution in [0.1, 0.15) is 44.6 Å². The van der Waals surface area contributed by atoms with E-state index in [1.807, 2.05) is 0 Å². The summed E-state index contributed by atoms with van der Waals surface area (Å²) in [5, 5.41) is 13.0. The summed E-state index contributed by atoms with van der Waals surface area (Å²) < 4.78 is 33.5. The number of anilines is 1. The number of hydrogen-bond acceptors (Lipinski definition) is 6. The predicted octanol–water partition coefficient (Wildman–Crippen LogP) is 2.30. The van der Waals surface area contributed by atoms with Crippen LogP contribution in [-0.2, 0) is 26.0 Å². The van der Waals surface area contributed by atoms with E-state index in [9.17, 15) is 18.3 Å². The number of nitrogens with one attached hydrogen (secondary N) is 1. The zero-order valence-electron chi connectivity index (χ0n) is 19.3. The molecule has 0 aromatic heterocycles. The second kappa shape index (κ2) is 11.0. The van der Waals surface area contributed by atoms with Crippen LogP contribution in [0.25, 0.3) is 0 Å². The summed E-state index contributed by atoms with van der Waals surface area (Å²) in [6.07, 6.45) is 4.21. The smallest absolute Gasteiger partial charge is 0.309 e. The van der Waals surface area contributed by atoms with Gasteiger partial charge in [-0.25, -0.2) is 8.42 Å². The van der Waals surface area contributed by atoms with Gasteiger partial charge < -0.3 is 20.1 Å². The van der Waals surface area contributed by atoms with Crippen molar-refractivity contribution < 1.29 is 23.1 Å². The van der Waals surface area contributed by atoms with Crippen molar-refractivity contribution in [3.63, 3.8) is 0 Å². The number of hydrogen-bond donors (Lipinski definition) is 2. The standard InChI is InChI=1S/C23H37N3O5S/c1-3-4-5-19-6-8-20(9-7-19)25-14-16-26(17-15-25)32(29,30)21(31-2)18-23(22(27)28)10-12-24-13-11-23/h6-9,21,24H,3-5,10-18H2,1-2H3,(H,27,28). The Morgan fingerprint density at radius 1 is 1.16 bits per heavy atom. The van der Waals surface area contributed by atoms with Crippen molar-refractivity contribution in [3.05, 3.63) is 29.8 Å². The highest BCUT2D eigenvalue weighted by Crippen LogP contribution is 2.37. The molecule has 2 aliphatic heterocycles. The fourth-order valence-electron chi connectivity index (χ4n) is 4.66. The molecule has 2 heterocycles. The van der Waals surface area contributed by atoms with E-state index in [4.69, 9.17) is 4.74 Å². The topological polar surface area (TPSA) is 99.2 Å². The van der Waals surface area contributed by atoms with Crippen LogP contribution >= 0.6 is 0 Å². The van der Waals surface area contributed by atoms with Crippen LogP contribution in [0.3, 0.4) is 0 Å². The minimum Gasteiger partial charge on any atom is -0.481 e. The number of unbranched alkanes of at least 4 members (excludes halogenated alkanes) is 1. The van der Waals surface area contributed by atoms with Gasteiger partial charge in [0, 0.05) is 45.4 Å². The molecule has 1 aromatic rings. The van der Waals surface area contributed by atoms with Crippen molar-refractivity contribution in [3.8, 4) is 0 Å². The van der Waals surface area contributed by atoms with E-state index in [2.05, 4.69) is 41.4 Å². The number of benzene rings is 1. The van der Waals surface area contributed by atoms with E-state index in [0.29, 0.717) is 52.1 Å². The fourth-order valence-corrected chi connectivity index (χ4v) is 6.44. The molecule has 32 heavy (non-hydrogen) atoms. The second-order valence-electron chi connectivity index (χ2n) is 8.91. The number of ether oxygens (including phenoxy) is 1. The third kappa shape index (κ3) is 5.62. The van der Waals surface area contributed by atoms with Gasteiger partial charge in [0.1, 0.15) is 0 Å². The summed E-state index contributed by atoms with van der Waals surface area (Å²) in [7, 11) is -2.41. The zero-order chi connectivity index (χ0) is 23.2. The van der Waals surface area contributed by atoms with Crippen molar-refractivity contribution in [2.75, 3.05) is 51.3 Å². The van der Waals surface area contributed by atoms with Gasteiger partial charge in [-0.2, -0.15) is 4.31 Å². The average Bonchev–Trinajstić information content (AvgIpc) is 2.82. The molecule has 1 atom stereocenters. The molecule has 0 radical (unpaired) electrons. The van der Waals surface area contributed by atoms with Crippen LogP contribution in [0, 0.1) is 5.41 Å². The van der Waals surface area contributed by atoms with Gasteiger partial charge in [0.25, 0.3) is 0 Å². The lowest BCUT2D eigenvalue weighted by Gasteiger charge is -2.39. The number of carboxylic acids is 1. The lowest BCUT2D eigenvalue weighted by atomic mass is 9.76. The Morgan fingerprint density at radius 3 is 2.31 bits per heavy atom. The maximum atomic E-state index is 13.3. The highest BCUT2D eigenvalue weighted by molar-refractivity contribution is 7.89. The summed E-state index contributed by atoms with van der Waals surface area (Å²) in [4.78, 5) is 14.2. The van der Waals surface area contributed by atoms with Crippen LogP contribution in [0.2, 0.25) is 0 Å². The van der Waals surface area contributed by atoms with E-state index < -0.39 is 26.8 Å². The number of piperidine rings is 1. The van der Waals surface area contributed by atoms with E-state index in [1.165, 1.54) is 29.8 Å². The first-order chi connectivity index (χ1) is 15.3. The molecule has 2 fully saturated rings. The molecule has 9 heteroatoms. The van der Waals surface area contributed by atoms with Crippen LogP contribution in [0.4, 0.5) is 5.69 Å². The maximum absolute atomic E-state index is 13.3. The number of sulfonamides is 1. The molecule has 0 bridgehead atoms. The summed E-state index contributed by atoms with van der Waals surface area (Å²) in [6.45, 7) is 5.24. The molecule has 0 aliphatic carbocycles. The predicted molar refractivity (Wildman–Crippen MR) is 125 cm³/mol. The van der Waals surface area contributed by atoms with Gasteiger partial charge in [-0.15, -0.1) is 0 Å². The fraction of sp³-hybridized carbons (Fsp3) is 0.696. The molecule has 180 valence electrons. The van der Waals surface area contributed by atoms with Gasteiger partial charge in [-0.1, -0.05) is 25.5 Å². The van der Waals surface area contributed by atoms with Gasteiger partial charge >= 0.3 is 5.97 Å². The molecule has 2 aliphatic rings. The van der Waals surface area contributed by atoms with Gasteiger partial charge in [0.15, 0.2) is 5.44 Å². The van der Waals surface area contributed by atoms with Crippen molar-refractivity contribution in [2.45, 2.75) is 50.9 Å². The number of rotatable bonds is 10. The van der Waals surface area contributed by atoms with E-state index in [1.54, 1.807) is 0 Å². The van der Waals surface area contributed by atoms with Gasteiger partial charge in [0.2, 0.25) is 10.0 Å². The normalized spacial score (nSPS) is 20.8. The minimum atomic E-state index is -3.77. The number of carboxylic acid groups (broad SMARTS) is 1. The zero-order valence-corrected chi connectivity index (χ0v) is 20.1. The van der Waals surface area contributed by atoms with Crippen LogP contribution in [-0.4, -0.2) is 75.6 Å². The Bertz CT molecular complexity index is 845. The van der Waals surface area contributed by atoms with Crippen LogP contribution < -0.4 is 10.2 Å². The molecule has 2 N–H and O–H groups in total. The number of piperazine rings is 1. The average molecular weight is 468 g/mol. The molecule has 3 rings (SSSR count). The van der Waals surface area contributed by atoms with Gasteiger partial charge in [0.05, 0.1) is 5.41 Å². The first-order valence-electron chi connectivity index (χ1n) is 11.6. The summed E-state index contributed by atoms with van der Waals surface area (Å²) >= 11 is 0. The molecule has 0 amide bonds. The van der Waals surface area contributed by atoms with E-state index >= 15 is 0 Å². The molecule has 8 nitrogen and oxygen atoms in total. The second-order valence-corrected chi connectivity index (χ2v) is 11.0. The van der Waals surface area contributed by atoms with Crippen molar-refractivity contribution >= 4 is 21.7 Å². The summed E-state index contributed by atoms with van der Waals surface area (Å²) in [5.41, 5.74) is 0.205. The molecule has 1 aromatic carbocycles. The Kier molecular flexibility index (Phi) is 8.55. The Balaban J connectivity index is 1.63. The summed E-state index contributed by atoms with van der Waals surface area (Å²) in [5.74, 6) is -0.941. The number of nitrogens with zero attached hydrogens (tertiary/aromatic N) is 2. The van der Waals surface area contributed by atoms with Crippen LogP contribution in [0.15, 0.2) is 24.3 Å². The number of aryl methyl sites for hydroxylation is 1. The largest absolute Gasteiger partial charge is 0.481 e. The molecular weight excluding hydrogens is 430 g/mol. The quantitative estimate of drug-likeness (QED) is 0.545. The molecule has 0 spiro atoms. The lowest BCUT2D eigenvalue weighted by molar-refractivity contribution is -0.152. The minimum absolute atomic E-state index is 0.0255. The Labute approximate surface area is 192 Å². The first kappa shape index (κ1) is 25.0. The highest BCUT2D eigenvalue weighted by Gasteiger charge is 2.46. The third-order valence-corrected chi connectivity index (χ3v) is 8.99. The molecule has 2 saturated heterocycles. The SMILES string of the molecule is CCCCc1ccc(N2CCN(S(=O)(=O)C(CC3(C(=O)O)CCNCC3)OC)CC2)cc1. The molecule has 1 unspecified atom stereocenters. The van der Waals surface area contributed by atoms with Crippen LogP contribution in [0.5, 0.6) is 0 Å². The number of aliphatic carboxylic acids is 1. The summed E-state index contributed by atoms with van der Waals surface area (Å²) in [6, 6.07) is 8.53. The van der Waals surface area contributed by atoms with Crippen molar-refractivity contribution in [1.29, 1.82) is 0 Å². The van der Waals surface area contributed by atoms with Crippen molar-refractivity contribution in [2.24, 2.45) is 5.41 Å². The maximum Gasteiger partial charge on any atom is 0.309 e. The molecule has 0 saturated carbocycles. The first-order valence-corrected chi connectivity index (χ1v) is 13.1. The lowest BCUT2D eigenvalue weighted by Crippen LogP contribution is -2.53. The van der Waals surface area contributed by atoms with Crippen molar-refractivity contribution in [1.82, 2.24) is 9.62 Å². The Hall–Kier alpha value is -1.68. The third-order valence-electron chi connectivity index (χ3n) is 6.89. The van der Waals surface area contributed by atoms with E-state index in [-0.39, 0.29) is 6.42 Å². The van der Waals surface area contributed by atoms with Gasteiger partial charge in [-0.3, -0.25) is 4.79 Å². The van der Waals surface area contributed by atoms with Gasteiger partial charge in [-0.05, 0) is 56.5 Å².